The number of para-hydroxylation sites is 2. The second-order valence-electron chi connectivity index (χ2n) is 8.83. The van der Waals surface area contributed by atoms with Gasteiger partial charge in [-0.3, -0.25) is 14.5 Å². The predicted molar refractivity (Wildman–Crippen MR) is 114 cm³/mol. The van der Waals surface area contributed by atoms with Gasteiger partial charge in [0.25, 0.3) is 0 Å². The van der Waals surface area contributed by atoms with Gasteiger partial charge in [0.1, 0.15) is 12.4 Å². The molecule has 0 unspecified atom stereocenters. The van der Waals surface area contributed by atoms with Gasteiger partial charge < -0.3 is 25.4 Å². The molecule has 9 nitrogen and oxygen atoms in total. The molecule has 0 saturated heterocycles. The number of aliphatic carboxylic acids is 1. The van der Waals surface area contributed by atoms with Crippen molar-refractivity contribution in [2.45, 2.75) is 58.2 Å². The summed E-state index contributed by atoms with van der Waals surface area (Å²) in [6.45, 7) is 5.19. The fraction of sp³-hybridized carbons (Fsp3) is 0.591. The van der Waals surface area contributed by atoms with Crippen molar-refractivity contribution in [3.05, 3.63) is 24.3 Å². The summed E-state index contributed by atoms with van der Waals surface area (Å²) in [5, 5.41) is 19.3. The van der Waals surface area contributed by atoms with Gasteiger partial charge in [-0.2, -0.15) is 0 Å². The molecule has 0 fully saturated rings. The predicted octanol–water partition coefficient (Wildman–Crippen LogP) is 1.56. The number of carboxylic acid groups (broad SMARTS) is 1. The van der Waals surface area contributed by atoms with Gasteiger partial charge in [-0.1, -0.05) is 32.9 Å². The molecule has 0 aromatic heterocycles. The van der Waals surface area contributed by atoms with E-state index in [4.69, 9.17) is 20.3 Å². The van der Waals surface area contributed by atoms with Crippen molar-refractivity contribution in [3.63, 3.8) is 0 Å². The van der Waals surface area contributed by atoms with Crippen LogP contribution in [0.5, 0.6) is 5.75 Å². The maximum Gasteiger partial charge on any atom is 0.332 e. The van der Waals surface area contributed by atoms with Gasteiger partial charge in [0.05, 0.1) is 24.8 Å². The van der Waals surface area contributed by atoms with Crippen molar-refractivity contribution < 1.29 is 34.1 Å². The third kappa shape index (κ3) is 6.18. The van der Waals surface area contributed by atoms with Crippen molar-refractivity contribution >= 4 is 23.5 Å². The molecule has 0 radical (unpaired) electrons. The number of esters is 1. The highest BCUT2D eigenvalue weighted by Crippen LogP contribution is 2.37. The highest BCUT2D eigenvalue weighted by atomic mass is 16.5. The summed E-state index contributed by atoms with van der Waals surface area (Å²) in [6, 6.07) is 5.37. The number of aliphatic hydroxyl groups excluding tert-OH is 1. The standard InChI is InChI=1S/C22H32N2O7/c1-13(20(27)28)9-17(25)14(23)10-22(2,3)11-19(26)24-15-7-5-6-8-18(15)31-12-16(24)21(29)30-4/h5-8,13-14,16-17,25H,9-12,23H2,1-4H3,(H,27,28)/t13-,14+,16-,17+/m1/s1. The summed E-state index contributed by atoms with van der Waals surface area (Å²) in [5.41, 5.74) is 5.99. The van der Waals surface area contributed by atoms with Crippen LogP contribution < -0.4 is 15.4 Å². The number of hydrogen-bond acceptors (Lipinski definition) is 7. The molecule has 1 aromatic carbocycles. The number of carbonyl (C=O) groups excluding carboxylic acids is 2. The zero-order valence-electron chi connectivity index (χ0n) is 18.4. The lowest BCUT2D eigenvalue weighted by molar-refractivity contribution is -0.145. The molecule has 2 rings (SSSR count). The molecule has 9 heteroatoms. The number of nitrogens with zero attached hydrogens (tertiary/aromatic N) is 1. The van der Waals surface area contributed by atoms with Gasteiger partial charge in [-0.25, -0.2) is 4.79 Å². The zero-order valence-corrected chi connectivity index (χ0v) is 18.4. The molecule has 4 atom stereocenters. The number of anilines is 1. The normalized spacial score (nSPS) is 18.9. The van der Waals surface area contributed by atoms with Crippen LogP contribution in [0.4, 0.5) is 5.69 Å². The summed E-state index contributed by atoms with van der Waals surface area (Å²) < 4.78 is 10.5. The molecular formula is C22H32N2O7. The molecule has 0 aliphatic carbocycles. The van der Waals surface area contributed by atoms with Crippen LogP contribution in [0.25, 0.3) is 0 Å². The summed E-state index contributed by atoms with van der Waals surface area (Å²) >= 11 is 0. The molecule has 0 spiro atoms. The van der Waals surface area contributed by atoms with Gasteiger partial charge in [0, 0.05) is 12.5 Å². The number of ether oxygens (including phenoxy) is 2. The number of carbonyl (C=O) groups is 3. The highest BCUT2D eigenvalue weighted by molar-refractivity contribution is 6.01. The van der Waals surface area contributed by atoms with Crippen LogP contribution in [0.2, 0.25) is 0 Å². The third-order valence-corrected chi connectivity index (χ3v) is 5.50. The van der Waals surface area contributed by atoms with Crippen molar-refractivity contribution in [2.24, 2.45) is 17.1 Å². The minimum Gasteiger partial charge on any atom is -0.489 e. The molecule has 1 aliphatic heterocycles. The van der Waals surface area contributed by atoms with Crippen molar-refractivity contribution in [1.29, 1.82) is 0 Å². The maximum absolute atomic E-state index is 13.3. The van der Waals surface area contributed by atoms with Gasteiger partial charge in [-0.15, -0.1) is 0 Å². The van der Waals surface area contributed by atoms with E-state index >= 15 is 0 Å². The highest BCUT2D eigenvalue weighted by Gasteiger charge is 2.40. The van der Waals surface area contributed by atoms with Crippen LogP contribution in [-0.4, -0.2) is 60.0 Å². The van der Waals surface area contributed by atoms with Crippen molar-refractivity contribution in [2.75, 3.05) is 18.6 Å². The number of benzene rings is 1. The molecule has 172 valence electrons. The molecular weight excluding hydrogens is 404 g/mol. The average molecular weight is 437 g/mol. The summed E-state index contributed by atoms with van der Waals surface area (Å²) in [5.74, 6) is -2.09. The molecule has 1 aromatic rings. The summed E-state index contributed by atoms with van der Waals surface area (Å²) in [6.07, 6.45) is -0.625. The summed E-state index contributed by atoms with van der Waals surface area (Å²) in [4.78, 5) is 38.0. The van der Waals surface area contributed by atoms with Gasteiger partial charge >= 0.3 is 11.9 Å². The fourth-order valence-corrected chi connectivity index (χ4v) is 3.79. The molecule has 1 aliphatic rings. The van der Waals surface area contributed by atoms with E-state index in [0.29, 0.717) is 17.9 Å². The van der Waals surface area contributed by atoms with Crippen LogP contribution in [0.1, 0.15) is 40.0 Å². The molecule has 0 saturated carbocycles. The smallest absolute Gasteiger partial charge is 0.332 e. The number of methoxy groups -OCH3 is 1. The Morgan fingerprint density at radius 3 is 2.58 bits per heavy atom. The lowest BCUT2D eigenvalue weighted by atomic mass is 9.80. The van der Waals surface area contributed by atoms with Crippen LogP contribution in [0.15, 0.2) is 24.3 Å². The molecule has 4 N–H and O–H groups in total. The number of aliphatic hydroxyl groups is 1. The Labute approximate surface area is 182 Å². The second kappa shape index (κ2) is 10.1. The lowest BCUT2D eigenvalue weighted by Gasteiger charge is -2.38. The Morgan fingerprint density at radius 1 is 1.32 bits per heavy atom. The quantitative estimate of drug-likeness (QED) is 0.496. The van der Waals surface area contributed by atoms with E-state index < -0.39 is 41.5 Å². The van der Waals surface area contributed by atoms with Crippen molar-refractivity contribution in [3.8, 4) is 5.75 Å². The fourth-order valence-electron chi connectivity index (χ4n) is 3.79. The zero-order chi connectivity index (χ0) is 23.3. The van der Waals surface area contributed by atoms with Crippen LogP contribution in [-0.2, 0) is 19.1 Å². The Hall–Kier alpha value is -2.65. The monoisotopic (exact) mass is 436 g/mol. The molecule has 31 heavy (non-hydrogen) atoms. The second-order valence-corrected chi connectivity index (χ2v) is 8.83. The minimum atomic E-state index is -1.01. The minimum absolute atomic E-state index is 0.0127. The van der Waals surface area contributed by atoms with Crippen LogP contribution in [0, 0.1) is 11.3 Å². The Kier molecular flexibility index (Phi) is 8.02. The Bertz CT molecular complexity index is 811. The van der Waals surface area contributed by atoms with Gasteiger partial charge in [0.15, 0.2) is 6.04 Å². The number of hydrogen-bond donors (Lipinski definition) is 3. The first-order chi connectivity index (χ1) is 14.5. The number of carboxylic acids is 1. The largest absolute Gasteiger partial charge is 0.489 e. The maximum atomic E-state index is 13.3. The first-order valence-corrected chi connectivity index (χ1v) is 10.2. The van der Waals surface area contributed by atoms with Crippen molar-refractivity contribution in [1.82, 2.24) is 0 Å². The Morgan fingerprint density at radius 2 is 1.97 bits per heavy atom. The topological polar surface area (TPSA) is 139 Å². The summed E-state index contributed by atoms with van der Waals surface area (Å²) in [7, 11) is 1.26. The van der Waals surface area contributed by atoms with E-state index in [1.165, 1.54) is 18.9 Å². The molecule has 0 bridgehead atoms. The van der Waals surface area contributed by atoms with Crippen LogP contribution in [0.3, 0.4) is 0 Å². The van der Waals surface area contributed by atoms with E-state index in [1.807, 2.05) is 13.8 Å². The SMILES string of the molecule is COC(=O)[C@H]1COc2ccccc2N1C(=O)CC(C)(C)C[C@H](N)[C@@H](O)C[C@@H](C)C(=O)O. The molecule has 1 amide bonds. The van der Waals surface area contributed by atoms with Gasteiger partial charge in [-0.05, 0) is 30.4 Å². The Balaban J connectivity index is 2.15. The molecule has 1 heterocycles. The lowest BCUT2D eigenvalue weighted by Crippen LogP contribution is -2.52. The number of fused-ring (bicyclic) bond motifs is 1. The third-order valence-electron chi connectivity index (χ3n) is 5.50. The first kappa shape index (κ1) is 24.6. The van der Waals surface area contributed by atoms with E-state index in [2.05, 4.69) is 0 Å². The number of nitrogens with two attached hydrogens (primary N) is 1. The first-order valence-electron chi connectivity index (χ1n) is 10.2. The van der Waals surface area contributed by atoms with E-state index in [0.717, 1.165) is 0 Å². The average Bonchev–Trinajstić information content (AvgIpc) is 2.71. The van der Waals surface area contributed by atoms with Gasteiger partial charge in [0.2, 0.25) is 5.91 Å². The number of rotatable bonds is 9. The van der Waals surface area contributed by atoms with Crippen LogP contribution >= 0.6 is 0 Å². The van der Waals surface area contributed by atoms with E-state index in [-0.39, 0.29) is 25.4 Å². The number of amides is 1. The van der Waals surface area contributed by atoms with E-state index in [1.54, 1.807) is 24.3 Å². The van der Waals surface area contributed by atoms with E-state index in [9.17, 15) is 19.5 Å².